The van der Waals surface area contributed by atoms with E-state index in [-0.39, 0.29) is 0 Å². The lowest BCUT2D eigenvalue weighted by atomic mass is 10.1. The highest BCUT2D eigenvalue weighted by atomic mass is 19.1. The second-order valence-corrected chi connectivity index (χ2v) is 4.04. The van der Waals surface area contributed by atoms with Gasteiger partial charge in [0.2, 0.25) is 5.95 Å². The van der Waals surface area contributed by atoms with Gasteiger partial charge >= 0.3 is 0 Å². The third-order valence-electron chi connectivity index (χ3n) is 2.75. The Bertz CT molecular complexity index is 310. The fourth-order valence-corrected chi connectivity index (χ4v) is 1.60. The smallest absolute Gasteiger partial charge is 0.214 e. The molecule has 1 atom stereocenters. The Balaban J connectivity index is 1.84. The molecule has 1 saturated carbocycles. The van der Waals surface area contributed by atoms with Crippen LogP contribution in [0.15, 0.2) is 18.2 Å². The Morgan fingerprint density at radius 1 is 1.57 bits per heavy atom. The van der Waals surface area contributed by atoms with Gasteiger partial charge in [0.1, 0.15) is 5.82 Å². The van der Waals surface area contributed by atoms with Gasteiger partial charge in [0, 0.05) is 6.54 Å². The van der Waals surface area contributed by atoms with E-state index in [0.29, 0.717) is 11.7 Å². The molecule has 1 unspecified atom stereocenters. The molecule has 2 nitrogen and oxygen atoms in total. The van der Waals surface area contributed by atoms with Crippen molar-refractivity contribution in [2.45, 2.75) is 19.8 Å². The third-order valence-corrected chi connectivity index (χ3v) is 2.75. The van der Waals surface area contributed by atoms with Crippen LogP contribution >= 0.6 is 0 Å². The molecule has 1 aromatic rings. The third kappa shape index (κ3) is 2.44. The van der Waals surface area contributed by atoms with Crippen LogP contribution in [-0.4, -0.2) is 11.5 Å². The van der Waals surface area contributed by atoms with E-state index >= 15 is 0 Å². The average Bonchev–Trinajstić information content (AvgIpc) is 2.97. The largest absolute Gasteiger partial charge is 0.370 e. The van der Waals surface area contributed by atoms with Crippen molar-refractivity contribution in [1.82, 2.24) is 4.98 Å². The lowest BCUT2D eigenvalue weighted by molar-refractivity contribution is 0.533. The molecule has 1 aromatic heterocycles. The summed E-state index contributed by atoms with van der Waals surface area (Å²) in [4.78, 5) is 3.75. The molecule has 0 aromatic carbocycles. The van der Waals surface area contributed by atoms with Crippen LogP contribution in [-0.2, 0) is 0 Å². The quantitative estimate of drug-likeness (QED) is 0.745. The number of hydrogen-bond acceptors (Lipinski definition) is 2. The summed E-state index contributed by atoms with van der Waals surface area (Å²) in [5.74, 6) is 1.75. The van der Waals surface area contributed by atoms with Crippen molar-refractivity contribution in [3.63, 3.8) is 0 Å². The first kappa shape index (κ1) is 9.44. The minimum atomic E-state index is -0.422. The predicted octanol–water partition coefficient (Wildman–Crippen LogP) is 2.68. The van der Waals surface area contributed by atoms with Crippen molar-refractivity contribution in [1.29, 1.82) is 0 Å². The van der Waals surface area contributed by atoms with Gasteiger partial charge < -0.3 is 5.32 Å². The molecular weight excluding hydrogens is 179 g/mol. The summed E-state index contributed by atoms with van der Waals surface area (Å²) in [5.41, 5.74) is 0. The standard InChI is InChI=1S/C11H15FN2/c1-8(9-5-6-9)7-13-11-4-2-3-10(12)14-11/h2-4,8-9H,5-7H2,1H3,(H,13,14). The van der Waals surface area contributed by atoms with E-state index in [2.05, 4.69) is 17.2 Å². The topological polar surface area (TPSA) is 24.9 Å². The normalized spacial score (nSPS) is 17.9. The minimum Gasteiger partial charge on any atom is -0.370 e. The summed E-state index contributed by atoms with van der Waals surface area (Å²) >= 11 is 0. The molecule has 1 aliphatic rings. The van der Waals surface area contributed by atoms with Crippen LogP contribution in [0.2, 0.25) is 0 Å². The molecule has 0 saturated heterocycles. The summed E-state index contributed by atoms with van der Waals surface area (Å²) in [6.45, 7) is 3.12. The Hall–Kier alpha value is -1.12. The molecule has 1 aliphatic carbocycles. The molecule has 0 spiro atoms. The summed E-state index contributed by atoms with van der Waals surface area (Å²) in [6.07, 6.45) is 2.69. The number of aromatic nitrogens is 1. The fraction of sp³-hybridized carbons (Fsp3) is 0.545. The molecule has 14 heavy (non-hydrogen) atoms. The maximum atomic E-state index is 12.7. The SMILES string of the molecule is CC(CNc1cccc(F)n1)C1CC1. The van der Waals surface area contributed by atoms with E-state index in [4.69, 9.17) is 0 Å². The molecule has 1 heterocycles. The fourth-order valence-electron chi connectivity index (χ4n) is 1.60. The van der Waals surface area contributed by atoms with E-state index in [1.54, 1.807) is 12.1 Å². The molecule has 1 fully saturated rings. The summed E-state index contributed by atoms with van der Waals surface area (Å²) in [7, 11) is 0. The first-order chi connectivity index (χ1) is 6.75. The van der Waals surface area contributed by atoms with E-state index in [0.717, 1.165) is 12.5 Å². The Kier molecular flexibility index (Phi) is 2.66. The van der Waals surface area contributed by atoms with Crippen molar-refractivity contribution < 1.29 is 4.39 Å². The van der Waals surface area contributed by atoms with Crippen LogP contribution in [0.4, 0.5) is 10.2 Å². The van der Waals surface area contributed by atoms with Gasteiger partial charge in [-0.2, -0.15) is 4.39 Å². The van der Waals surface area contributed by atoms with Crippen LogP contribution in [0, 0.1) is 17.8 Å². The zero-order valence-corrected chi connectivity index (χ0v) is 8.33. The second kappa shape index (κ2) is 3.95. The first-order valence-electron chi connectivity index (χ1n) is 5.12. The Morgan fingerprint density at radius 3 is 3.00 bits per heavy atom. The van der Waals surface area contributed by atoms with Gasteiger partial charge in [-0.3, -0.25) is 0 Å². The van der Waals surface area contributed by atoms with Gasteiger partial charge in [0.05, 0.1) is 0 Å². The lowest BCUT2D eigenvalue weighted by Gasteiger charge is -2.11. The molecule has 0 aliphatic heterocycles. The minimum absolute atomic E-state index is 0.422. The van der Waals surface area contributed by atoms with Crippen molar-refractivity contribution in [2.24, 2.45) is 11.8 Å². The Labute approximate surface area is 83.6 Å². The highest BCUT2D eigenvalue weighted by Crippen LogP contribution is 2.36. The number of hydrogen-bond donors (Lipinski definition) is 1. The monoisotopic (exact) mass is 194 g/mol. The second-order valence-electron chi connectivity index (χ2n) is 4.04. The number of pyridine rings is 1. The van der Waals surface area contributed by atoms with Crippen LogP contribution < -0.4 is 5.32 Å². The maximum absolute atomic E-state index is 12.7. The summed E-state index contributed by atoms with van der Waals surface area (Å²) in [6, 6.07) is 4.82. The van der Waals surface area contributed by atoms with Crippen molar-refractivity contribution in [3.05, 3.63) is 24.1 Å². The maximum Gasteiger partial charge on any atom is 0.214 e. The van der Waals surface area contributed by atoms with Gasteiger partial charge in [-0.1, -0.05) is 13.0 Å². The first-order valence-corrected chi connectivity index (χ1v) is 5.12. The highest BCUT2D eigenvalue weighted by Gasteiger charge is 2.27. The highest BCUT2D eigenvalue weighted by molar-refractivity contribution is 5.33. The van der Waals surface area contributed by atoms with Gasteiger partial charge in [-0.25, -0.2) is 4.98 Å². The Morgan fingerprint density at radius 2 is 2.36 bits per heavy atom. The summed E-state index contributed by atoms with van der Waals surface area (Å²) < 4.78 is 12.7. The zero-order chi connectivity index (χ0) is 9.97. The lowest BCUT2D eigenvalue weighted by Crippen LogP contribution is -2.13. The number of rotatable bonds is 4. The molecule has 0 amide bonds. The van der Waals surface area contributed by atoms with Gasteiger partial charge in [0.25, 0.3) is 0 Å². The molecule has 1 N–H and O–H groups in total. The molecule has 76 valence electrons. The van der Waals surface area contributed by atoms with Crippen molar-refractivity contribution >= 4 is 5.82 Å². The molecule has 3 heteroatoms. The number of anilines is 1. The number of halogens is 1. The number of nitrogens with one attached hydrogen (secondary N) is 1. The molecule has 0 radical (unpaired) electrons. The van der Waals surface area contributed by atoms with Crippen LogP contribution in [0.3, 0.4) is 0 Å². The van der Waals surface area contributed by atoms with E-state index in [9.17, 15) is 4.39 Å². The zero-order valence-electron chi connectivity index (χ0n) is 8.33. The predicted molar refractivity (Wildman–Crippen MR) is 54.6 cm³/mol. The van der Waals surface area contributed by atoms with E-state index in [1.807, 2.05) is 0 Å². The van der Waals surface area contributed by atoms with E-state index < -0.39 is 5.95 Å². The van der Waals surface area contributed by atoms with Gasteiger partial charge in [0.15, 0.2) is 0 Å². The van der Waals surface area contributed by atoms with E-state index in [1.165, 1.54) is 18.9 Å². The van der Waals surface area contributed by atoms with Crippen LogP contribution in [0.5, 0.6) is 0 Å². The van der Waals surface area contributed by atoms with Crippen molar-refractivity contribution in [3.8, 4) is 0 Å². The molecule has 0 bridgehead atoms. The van der Waals surface area contributed by atoms with Crippen LogP contribution in [0.25, 0.3) is 0 Å². The van der Waals surface area contributed by atoms with Gasteiger partial charge in [-0.15, -0.1) is 0 Å². The number of nitrogens with zero attached hydrogens (tertiary/aromatic N) is 1. The average molecular weight is 194 g/mol. The van der Waals surface area contributed by atoms with Crippen molar-refractivity contribution in [2.75, 3.05) is 11.9 Å². The molecular formula is C11H15FN2. The van der Waals surface area contributed by atoms with Crippen LogP contribution in [0.1, 0.15) is 19.8 Å². The molecule has 2 rings (SSSR count). The van der Waals surface area contributed by atoms with Gasteiger partial charge in [-0.05, 0) is 36.8 Å². The summed E-state index contributed by atoms with van der Waals surface area (Å²) in [5, 5.41) is 3.16.